The van der Waals surface area contributed by atoms with Crippen LogP contribution < -0.4 is 11.1 Å². The Balaban J connectivity index is 1.93. The molecule has 0 aliphatic carbocycles. The number of anilines is 1. The van der Waals surface area contributed by atoms with E-state index in [0.717, 1.165) is 36.4 Å². The number of thioether (sulfide) groups is 1. The van der Waals surface area contributed by atoms with E-state index in [9.17, 15) is 9.59 Å². The summed E-state index contributed by atoms with van der Waals surface area (Å²) in [7, 11) is 0. The standard InChI is InChI=1S/C17H25N3O2S/c1-23-10-8-15(18)17(22)19-14-6-4-5-13(11-14)12-20-9-3-2-7-16(20)21/h4-6,11,15H,2-3,7-10,12,18H2,1H3,(H,19,22)/t15-/m0/s1. The largest absolute Gasteiger partial charge is 0.338 e. The van der Waals surface area contributed by atoms with E-state index < -0.39 is 6.04 Å². The van der Waals surface area contributed by atoms with Gasteiger partial charge in [0.2, 0.25) is 11.8 Å². The molecule has 23 heavy (non-hydrogen) atoms. The van der Waals surface area contributed by atoms with Crippen molar-refractivity contribution in [1.82, 2.24) is 4.90 Å². The molecule has 6 heteroatoms. The number of amides is 2. The van der Waals surface area contributed by atoms with Crippen molar-refractivity contribution in [2.24, 2.45) is 5.73 Å². The van der Waals surface area contributed by atoms with E-state index in [2.05, 4.69) is 5.32 Å². The molecule has 0 spiro atoms. The van der Waals surface area contributed by atoms with Crippen LogP contribution >= 0.6 is 11.8 Å². The van der Waals surface area contributed by atoms with Gasteiger partial charge in [-0.2, -0.15) is 11.8 Å². The van der Waals surface area contributed by atoms with Crippen LogP contribution in [0.2, 0.25) is 0 Å². The first kappa shape index (κ1) is 17.8. The number of likely N-dealkylation sites (tertiary alicyclic amines) is 1. The molecule has 126 valence electrons. The van der Waals surface area contributed by atoms with Crippen molar-refractivity contribution in [3.05, 3.63) is 29.8 Å². The Morgan fingerprint density at radius 3 is 3.00 bits per heavy atom. The van der Waals surface area contributed by atoms with Crippen molar-refractivity contribution in [3.63, 3.8) is 0 Å². The van der Waals surface area contributed by atoms with Crippen molar-refractivity contribution in [2.75, 3.05) is 23.9 Å². The van der Waals surface area contributed by atoms with Gasteiger partial charge in [-0.3, -0.25) is 9.59 Å². The minimum absolute atomic E-state index is 0.162. The number of nitrogens with two attached hydrogens (primary N) is 1. The van der Waals surface area contributed by atoms with E-state index in [1.54, 1.807) is 11.8 Å². The molecule has 1 atom stereocenters. The van der Waals surface area contributed by atoms with Gasteiger partial charge in [0.05, 0.1) is 6.04 Å². The lowest BCUT2D eigenvalue weighted by molar-refractivity contribution is -0.133. The summed E-state index contributed by atoms with van der Waals surface area (Å²) < 4.78 is 0. The van der Waals surface area contributed by atoms with Gasteiger partial charge in [-0.15, -0.1) is 0 Å². The number of carbonyl (C=O) groups excluding carboxylic acids is 2. The number of nitrogens with zero attached hydrogens (tertiary/aromatic N) is 1. The molecule has 1 aliphatic rings. The van der Waals surface area contributed by atoms with Gasteiger partial charge in [0.15, 0.2) is 0 Å². The predicted octanol–water partition coefficient (Wildman–Crippen LogP) is 2.22. The maximum Gasteiger partial charge on any atom is 0.241 e. The first-order valence-electron chi connectivity index (χ1n) is 8.02. The maximum atomic E-state index is 12.1. The molecule has 1 aliphatic heterocycles. The topological polar surface area (TPSA) is 75.4 Å². The highest BCUT2D eigenvalue weighted by Crippen LogP contribution is 2.17. The molecule has 2 amide bonds. The van der Waals surface area contributed by atoms with E-state index in [1.807, 2.05) is 35.4 Å². The van der Waals surface area contributed by atoms with Crippen molar-refractivity contribution >= 4 is 29.3 Å². The zero-order valence-corrected chi connectivity index (χ0v) is 14.4. The van der Waals surface area contributed by atoms with Gasteiger partial charge in [-0.1, -0.05) is 12.1 Å². The van der Waals surface area contributed by atoms with Crippen molar-refractivity contribution in [2.45, 2.75) is 38.3 Å². The summed E-state index contributed by atoms with van der Waals surface area (Å²) in [5.74, 6) is 0.918. The minimum Gasteiger partial charge on any atom is -0.338 e. The molecule has 1 heterocycles. The third-order valence-corrected chi connectivity index (χ3v) is 4.60. The molecule has 1 aromatic rings. The first-order chi connectivity index (χ1) is 11.1. The van der Waals surface area contributed by atoms with Crippen LogP contribution in [0.1, 0.15) is 31.2 Å². The van der Waals surface area contributed by atoms with Gasteiger partial charge in [0.25, 0.3) is 0 Å². The third kappa shape index (κ3) is 5.55. The molecule has 0 saturated carbocycles. The van der Waals surface area contributed by atoms with Crippen LogP contribution in [-0.2, 0) is 16.1 Å². The minimum atomic E-state index is -0.491. The average molecular weight is 335 g/mol. The Bertz CT molecular complexity index is 550. The average Bonchev–Trinajstić information content (AvgIpc) is 2.55. The smallest absolute Gasteiger partial charge is 0.241 e. The monoisotopic (exact) mass is 335 g/mol. The van der Waals surface area contributed by atoms with E-state index in [0.29, 0.717) is 19.4 Å². The number of carbonyl (C=O) groups is 2. The zero-order chi connectivity index (χ0) is 16.7. The molecular formula is C17H25N3O2S. The summed E-state index contributed by atoms with van der Waals surface area (Å²) >= 11 is 1.68. The van der Waals surface area contributed by atoms with Crippen molar-refractivity contribution < 1.29 is 9.59 Å². The molecule has 1 fully saturated rings. The summed E-state index contributed by atoms with van der Waals surface area (Å²) in [5, 5.41) is 2.86. The predicted molar refractivity (Wildman–Crippen MR) is 95.3 cm³/mol. The number of piperidine rings is 1. The van der Waals surface area contributed by atoms with Gasteiger partial charge in [-0.05, 0) is 49.0 Å². The second-order valence-corrected chi connectivity index (χ2v) is 6.84. The van der Waals surface area contributed by atoms with Gasteiger partial charge < -0.3 is 16.0 Å². The summed E-state index contributed by atoms with van der Waals surface area (Å²) in [5.41, 5.74) is 7.64. The Morgan fingerprint density at radius 2 is 2.26 bits per heavy atom. The number of hydrogen-bond donors (Lipinski definition) is 2. The van der Waals surface area contributed by atoms with E-state index in [1.165, 1.54) is 0 Å². The molecule has 2 rings (SSSR count). The number of nitrogens with one attached hydrogen (secondary N) is 1. The second-order valence-electron chi connectivity index (χ2n) is 5.85. The van der Waals surface area contributed by atoms with Crippen LogP contribution in [0.15, 0.2) is 24.3 Å². The number of rotatable bonds is 7. The highest BCUT2D eigenvalue weighted by molar-refractivity contribution is 7.98. The SMILES string of the molecule is CSCC[C@H](N)C(=O)Nc1cccc(CN2CCCCC2=O)c1. The molecule has 0 bridgehead atoms. The highest BCUT2D eigenvalue weighted by atomic mass is 32.2. The lowest BCUT2D eigenvalue weighted by atomic mass is 10.1. The van der Waals surface area contributed by atoms with Crippen molar-refractivity contribution in [1.29, 1.82) is 0 Å². The number of hydrogen-bond acceptors (Lipinski definition) is 4. The molecule has 0 radical (unpaired) electrons. The maximum absolute atomic E-state index is 12.1. The lowest BCUT2D eigenvalue weighted by Gasteiger charge is -2.27. The second kappa shape index (κ2) is 8.93. The fourth-order valence-electron chi connectivity index (χ4n) is 2.61. The van der Waals surface area contributed by atoms with Crippen LogP contribution in [0.3, 0.4) is 0 Å². The Kier molecular flexibility index (Phi) is 6.92. The first-order valence-corrected chi connectivity index (χ1v) is 9.41. The summed E-state index contributed by atoms with van der Waals surface area (Å²) in [6.45, 7) is 1.41. The Hall–Kier alpha value is -1.53. The fourth-order valence-corrected chi connectivity index (χ4v) is 3.10. The molecule has 1 saturated heterocycles. The van der Waals surface area contributed by atoms with E-state index in [-0.39, 0.29) is 11.8 Å². The molecule has 0 aromatic heterocycles. The quantitative estimate of drug-likeness (QED) is 0.801. The zero-order valence-electron chi connectivity index (χ0n) is 13.6. The normalized spacial score (nSPS) is 16.3. The van der Waals surface area contributed by atoms with Crippen LogP contribution in [0.25, 0.3) is 0 Å². The molecular weight excluding hydrogens is 310 g/mol. The third-order valence-electron chi connectivity index (χ3n) is 3.96. The molecule has 3 N–H and O–H groups in total. The van der Waals surface area contributed by atoms with Gasteiger partial charge in [0, 0.05) is 25.2 Å². The lowest BCUT2D eigenvalue weighted by Crippen LogP contribution is -2.36. The van der Waals surface area contributed by atoms with Gasteiger partial charge in [-0.25, -0.2) is 0 Å². The van der Waals surface area contributed by atoms with Gasteiger partial charge >= 0.3 is 0 Å². The summed E-state index contributed by atoms with van der Waals surface area (Å²) in [6, 6.07) is 7.15. The number of benzene rings is 1. The fraction of sp³-hybridized carbons (Fsp3) is 0.529. The van der Waals surface area contributed by atoms with Crippen LogP contribution in [-0.4, -0.2) is 41.3 Å². The molecule has 1 aromatic carbocycles. The molecule has 5 nitrogen and oxygen atoms in total. The Morgan fingerprint density at radius 1 is 1.43 bits per heavy atom. The Labute approximate surface area is 142 Å². The molecule has 0 unspecified atom stereocenters. The van der Waals surface area contributed by atoms with Gasteiger partial charge in [0.1, 0.15) is 0 Å². The van der Waals surface area contributed by atoms with E-state index in [4.69, 9.17) is 5.73 Å². The summed E-state index contributed by atoms with van der Waals surface area (Å²) in [4.78, 5) is 25.8. The van der Waals surface area contributed by atoms with E-state index >= 15 is 0 Å². The van der Waals surface area contributed by atoms with Crippen LogP contribution in [0.5, 0.6) is 0 Å². The summed E-state index contributed by atoms with van der Waals surface area (Å²) in [6.07, 6.45) is 5.34. The van der Waals surface area contributed by atoms with Crippen LogP contribution in [0.4, 0.5) is 5.69 Å². The van der Waals surface area contributed by atoms with Crippen LogP contribution in [0, 0.1) is 0 Å². The highest BCUT2D eigenvalue weighted by Gasteiger charge is 2.18. The van der Waals surface area contributed by atoms with Crippen molar-refractivity contribution in [3.8, 4) is 0 Å².